The lowest BCUT2D eigenvalue weighted by Gasteiger charge is -2.21. The van der Waals surface area contributed by atoms with E-state index in [2.05, 4.69) is 145 Å². The van der Waals surface area contributed by atoms with Crippen molar-refractivity contribution in [3.8, 4) is 22.5 Å². The van der Waals surface area contributed by atoms with Crippen molar-refractivity contribution in [3.05, 3.63) is 108 Å². The second-order valence-electron chi connectivity index (χ2n) is 11.4. The van der Waals surface area contributed by atoms with Gasteiger partial charge in [0.25, 0.3) is 0 Å². The summed E-state index contributed by atoms with van der Waals surface area (Å²) in [6, 6.07) is 34.2. The summed E-state index contributed by atoms with van der Waals surface area (Å²) in [5.74, 6) is 0. The minimum atomic E-state index is 0.919. The largest absolute Gasteiger partial charge is 0.374 e. The smallest absolute Gasteiger partial charge is 0.0914 e. The van der Waals surface area contributed by atoms with E-state index >= 15 is 0 Å². The fourth-order valence-electron chi connectivity index (χ4n) is 6.43. The van der Waals surface area contributed by atoms with Crippen LogP contribution < -0.4 is 0 Å². The molecule has 0 radical (unpaired) electrons. The van der Waals surface area contributed by atoms with Gasteiger partial charge in [0.1, 0.15) is 0 Å². The SMILES string of the molecule is CN(C)C1=C(N(C)C)c2cc3[nH]c(cc4nc(cc5[nH]c(cc1n2)c1ccccc51)-c1ccccc1-4)c1ccccc31. The fourth-order valence-corrected chi connectivity index (χ4v) is 6.43. The molecule has 2 aliphatic rings. The average Bonchev–Trinajstić information content (AvgIpc) is 3.72. The molecule has 0 fully saturated rings. The van der Waals surface area contributed by atoms with E-state index in [1.807, 2.05) is 0 Å². The van der Waals surface area contributed by atoms with Crippen LogP contribution in [0.5, 0.6) is 0 Å². The maximum absolute atomic E-state index is 5.25. The van der Waals surface area contributed by atoms with Gasteiger partial charge in [-0.25, -0.2) is 9.97 Å². The lowest BCUT2D eigenvalue weighted by Crippen LogP contribution is -2.16. The summed E-state index contributed by atoms with van der Waals surface area (Å²) in [6.07, 6.45) is 0. The first kappa shape index (κ1) is 24.4. The van der Waals surface area contributed by atoms with Gasteiger partial charge in [-0.15, -0.1) is 0 Å². The highest BCUT2D eigenvalue weighted by Gasteiger charge is 2.24. The molecule has 2 N–H and O–H groups in total. The number of nitrogens with zero attached hydrogens (tertiary/aromatic N) is 4. The minimum Gasteiger partial charge on any atom is -0.374 e. The van der Waals surface area contributed by atoms with Gasteiger partial charge in [-0.2, -0.15) is 0 Å². The molecule has 3 aromatic heterocycles. The minimum absolute atomic E-state index is 0.919. The maximum Gasteiger partial charge on any atom is 0.0914 e. The molecule has 0 saturated heterocycles. The highest BCUT2D eigenvalue weighted by atomic mass is 15.2. The molecule has 204 valence electrons. The zero-order valence-electron chi connectivity index (χ0n) is 24.0. The van der Waals surface area contributed by atoms with E-state index in [1.54, 1.807) is 0 Å². The Kier molecular flexibility index (Phi) is 5.28. The zero-order valence-corrected chi connectivity index (χ0v) is 24.0. The molecule has 42 heavy (non-hydrogen) atoms. The van der Waals surface area contributed by atoms with E-state index in [-0.39, 0.29) is 0 Å². The van der Waals surface area contributed by atoms with E-state index in [0.717, 1.165) is 88.9 Å². The topological polar surface area (TPSA) is 63.8 Å². The van der Waals surface area contributed by atoms with Gasteiger partial charge in [0.2, 0.25) is 0 Å². The van der Waals surface area contributed by atoms with Gasteiger partial charge in [0, 0.05) is 82.9 Å². The molecule has 0 saturated carbocycles. The second-order valence-corrected chi connectivity index (χ2v) is 11.4. The van der Waals surface area contributed by atoms with Crippen molar-refractivity contribution in [3.63, 3.8) is 0 Å². The molecule has 8 bridgehead atoms. The van der Waals surface area contributed by atoms with Crippen LogP contribution in [0.2, 0.25) is 0 Å². The molecule has 6 nitrogen and oxygen atoms in total. The molecular weight excluding hydrogens is 516 g/mol. The average molecular weight is 547 g/mol. The number of nitrogens with one attached hydrogen (secondary N) is 2. The van der Waals surface area contributed by atoms with Crippen molar-refractivity contribution in [1.29, 1.82) is 0 Å². The van der Waals surface area contributed by atoms with E-state index in [0.29, 0.717) is 0 Å². The van der Waals surface area contributed by atoms with Crippen LogP contribution in [0.1, 0.15) is 11.4 Å². The van der Waals surface area contributed by atoms with Crippen molar-refractivity contribution < 1.29 is 0 Å². The maximum atomic E-state index is 5.25. The standard InChI is InChI=1S/C36H30N6/c1-41(2)35-33-19-31-25-15-9-7-13-23(25)29(38-31)17-27-21-11-5-6-12-22(21)28(37-27)18-30-24-14-8-10-16-26(24)32(39-30)20-34(40-33)36(35)42(3)4/h5-20,38-39H,1-4H3. The number of hydrogen-bond acceptors (Lipinski definition) is 4. The van der Waals surface area contributed by atoms with Crippen molar-refractivity contribution >= 4 is 55.0 Å². The van der Waals surface area contributed by atoms with Gasteiger partial charge in [0.15, 0.2) is 0 Å². The van der Waals surface area contributed by atoms with E-state index in [9.17, 15) is 0 Å². The quantitative estimate of drug-likeness (QED) is 0.231. The molecule has 3 aromatic carbocycles. The highest BCUT2D eigenvalue weighted by molar-refractivity contribution is 6.10. The molecule has 0 spiro atoms. The number of aromatic nitrogens is 4. The molecule has 6 aromatic rings. The molecule has 8 rings (SSSR count). The zero-order chi connectivity index (χ0) is 28.5. The Morgan fingerprint density at radius 3 is 1.10 bits per heavy atom. The molecule has 6 heteroatoms. The van der Waals surface area contributed by atoms with E-state index in [1.165, 1.54) is 0 Å². The Balaban J connectivity index is 1.60. The van der Waals surface area contributed by atoms with Crippen LogP contribution in [0.15, 0.2) is 97.1 Å². The molecule has 2 aliphatic heterocycles. The van der Waals surface area contributed by atoms with Crippen LogP contribution in [0.25, 0.3) is 77.5 Å². The Hall–Kier alpha value is -5.36. The Bertz CT molecular complexity index is 2110. The number of aromatic amines is 2. The monoisotopic (exact) mass is 546 g/mol. The molecule has 0 atom stereocenters. The Labute approximate surface area is 243 Å². The number of hydrogen-bond donors (Lipinski definition) is 2. The summed E-state index contributed by atoms with van der Waals surface area (Å²) >= 11 is 0. The lowest BCUT2D eigenvalue weighted by atomic mass is 10.0. The molecule has 0 aliphatic carbocycles. The van der Waals surface area contributed by atoms with Gasteiger partial charge in [0.05, 0.1) is 34.2 Å². The van der Waals surface area contributed by atoms with Gasteiger partial charge >= 0.3 is 0 Å². The first-order valence-corrected chi connectivity index (χ1v) is 14.2. The van der Waals surface area contributed by atoms with Gasteiger partial charge < -0.3 is 19.8 Å². The number of benzene rings is 3. The summed E-state index contributed by atoms with van der Waals surface area (Å²) < 4.78 is 0. The third-order valence-corrected chi connectivity index (χ3v) is 8.24. The Morgan fingerprint density at radius 2 is 0.738 bits per heavy atom. The van der Waals surface area contributed by atoms with Crippen LogP contribution in [-0.2, 0) is 0 Å². The highest BCUT2D eigenvalue weighted by Crippen LogP contribution is 2.39. The van der Waals surface area contributed by atoms with E-state index in [4.69, 9.17) is 9.97 Å². The first-order valence-electron chi connectivity index (χ1n) is 14.2. The van der Waals surface area contributed by atoms with Crippen LogP contribution in [0, 0.1) is 0 Å². The van der Waals surface area contributed by atoms with Crippen LogP contribution in [0.4, 0.5) is 0 Å². The second kappa shape index (κ2) is 9.08. The number of H-pyrrole nitrogens is 2. The van der Waals surface area contributed by atoms with Gasteiger partial charge in [-0.1, -0.05) is 72.8 Å². The normalized spacial score (nSPS) is 12.7. The predicted molar refractivity (Wildman–Crippen MR) is 175 cm³/mol. The summed E-state index contributed by atoms with van der Waals surface area (Å²) in [6.45, 7) is 0. The van der Waals surface area contributed by atoms with Crippen LogP contribution in [-0.4, -0.2) is 57.9 Å². The summed E-state index contributed by atoms with van der Waals surface area (Å²) in [7, 11) is 8.33. The van der Waals surface area contributed by atoms with Gasteiger partial charge in [-0.3, -0.25) is 0 Å². The number of rotatable bonds is 2. The van der Waals surface area contributed by atoms with Crippen molar-refractivity contribution in [1.82, 2.24) is 29.7 Å². The first-order chi connectivity index (χ1) is 20.5. The summed E-state index contributed by atoms with van der Waals surface area (Å²) in [5, 5.41) is 4.62. The predicted octanol–water partition coefficient (Wildman–Crippen LogP) is 7.90. The molecule has 0 unspecified atom stereocenters. The molecular formula is C36H30N6. The lowest BCUT2D eigenvalue weighted by molar-refractivity contribution is 0.556. The third kappa shape index (κ3) is 3.65. The van der Waals surface area contributed by atoms with Crippen molar-refractivity contribution in [2.75, 3.05) is 28.2 Å². The summed E-state index contributed by atoms with van der Waals surface area (Å²) in [5.41, 5.74) is 12.3. The fraction of sp³-hybridized carbons (Fsp3) is 0.111. The van der Waals surface area contributed by atoms with Crippen LogP contribution in [0.3, 0.4) is 0 Å². The number of fused-ring (bicyclic) bond motifs is 17. The Morgan fingerprint density at radius 1 is 0.429 bits per heavy atom. The summed E-state index contributed by atoms with van der Waals surface area (Å²) in [4.78, 5) is 22.2. The van der Waals surface area contributed by atoms with E-state index < -0.39 is 0 Å². The van der Waals surface area contributed by atoms with Crippen molar-refractivity contribution in [2.45, 2.75) is 0 Å². The van der Waals surface area contributed by atoms with Crippen LogP contribution >= 0.6 is 0 Å². The third-order valence-electron chi connectivity index (χ3n) is 8.24. The van der Waals surface area contributed by atoms with Gasteiger partial charge in [-0.05, 0) is 24.3 Å². The molecule has 5 heterocycles. The molecule has 0 amide bonds. The van der Waals surface area contributed by atoms with Crippen molar-refractivity contribution in [2.24, 2.45) is 0 Å².